The molecule has 144 valence electrons. The summed E-state index contributed by atoms with van der Waals surface area (Å²) in [7, 11) is 1.65. The van der Waals surface area contributed by atoms with Crippen LogP contribution in [0.1, 0.15) is 55.5 Å². The molecule has 2 aliphatic rings. The third-order valence-electron chi connectivity index (χ3n) is 5.15. The first-order chi connectivity index (χ1) is 13.1. The van der Waals surface area contributed by atoms with E-state index in [1.165, 1.54) is 0 Å². The van der Waals surface area contributed by atoms with E-state index in [2.05, 4.69) is 17.0 Å². The summed E-state index contributed by atoms with van der Waals surface area (Å²) < 4.78 is 13.3. The zero-order valence-corrected chi connectivity index (χ0v) is 16.1. The van der Waals surface area contributed by atoms with Gasteiger partial charge in [-0.15, -0.1) is 0 Å². The Kier molecular flexibility index (Phi) is 4.86. The SMILES string of the molecule is CCCn1nc(C)nc1[C@H]1OCC(=O)N(C2CC2)[C@@H]1c1ccc(OC)cc1. The molecule has 1 aromatic carbocycles. The van der Waals surface area contributed by atoms with Crippen LogP contribution in [0.5, 0.6) is 5.75 Å². The van der Waals surface area contributed by atoms with Gasteiger partial charge in [0.25, 0.3) is 0 Å². The summed E-state index contributed by atoms with van der Waals surface area (Å²) in [5.74, 6) is 2.37. The maximum absolute atomic E-state index is 12.7. The second kappa shape index (κ2) is 7.31. The highest BCUT2D eigenvalue weighted by molar-refractivity contribution is 5.79. The van der Waals surface area contributed by atoms with Crippen molar-refractivity contribution >= 4 is 5.91 Å². The van der Waals surface area contributed by atoms with Gasteiger partial charge in [-0.3, -0.25) is 4.79 Å². The van der Waals surface area contributed by atoms with Crippen LogP contribution >= 0.6 is 0 Å². The minimum atomic E-state index is -0.329. The lowest BCUT2D eigenvalue weighted by atomic mass is 9.96. The van der Waals surface area contributed by atoms with E-state index in [4.69, 9.17) is 9.47 Å². The molecule has 1 amide bonds. The fourth-order valence-electron chi connectivity index (χ4n) is 3.82. The van der Waals surface area contributed by atoms with Crippen LogP contribution < -0.4 is 4.74 Å². The van der Waals surface area contributed by atoms with Crippen LogP contribution in [0.2, 0.25) is 0 Å². The number of rotatable bonds is 6. The Morgan fingerprint density at radius 2 is 2.00 bits per heavy atom. The zero-order chi connectivity index (χ0) is 19.0. The Balaban J connectivity index is 1.77. The number of methoxy groups -OCH3 is 1. The van der Waals surface area contributed by atoms with Crippen molar-refractivity contribution in [1.29, 1.82) is 0 Å². The maximum Gasteiger partial charge on any atom is 0.249 e. The van der Waals surface area contributed by atoms with E-state index in [0.29, 0.717) is 6.04 Å². The number of amides is 1. The van der Waals surface area contributed by atoms with Crippen molar-refractivity contribution in [2.75, 3.05) is 13.7 Å². The predicted molar refractivity (Wildman–Crippen MR) is 99.3 cm³/mol. The summed E-state index contributed by atoms with van der Waals surface area (Å²) in [6, 6.07) is 7.98. The highest BCUT2D eigenvalue weighted by Gasteiger charge is 2.47. The molecule has 1 aliphatic heterocycles. The molecule has 0 bridgehead atoms. The minimum Gasteiger partial charge on any atom is -0.497 e. The molecule has 0 unspecified atom stereocenters. The first kappa shape index (κ1) is 18.0. The molecule has 7 heteroatoms. The summed E-state index contributed by atoms with van der Waals surface area (Å²) in [6.45, 7) is 4.88. The third-order valence-corrected chi connectivity index (χ3v) is 5.15. The number of carbonyl (C=O) groups excluding carboxylic acids is 1. The first-order valence-corrected chi connectivity index (χ1v) is 9.60. The largest absolute Gasteiger partial charge is 0.497 e. The summed E-state index contributed by atoms with van der Waals surface area (Å²) in [5.41, 5.74) is 1.03. The molecular formula is C20H26N4O3. The number of hydrogen-bond acceptors (Lipinski definition) is 5. The summed E-state index contributed by atoms with van der Waals surface area (Å²) in [6.07, 6.45) is 2.72. The van der Waals surface area contributed by atoms with Gasteiger partial charge < -0.3 is 14.4 Å². The second-order valence-corrected chi connectivity index (χ2v) is 7.22. The molecule has 0 radical (unpaired) electrons. The van der Waals surface area contributed by atoms with E-state index in [1.807, 2.05) is 40.8 Å². The number of benzene rings is 1. The Labute approximate surface area is 159 Å². The molecule has 27 heavy (non-hydrogen) atoms. The molecule has 7 nitrogen and oxygen atoms in total. The number of carbonyl (C=O) groups is 1. The zero-order valence-electron chi connectivity index (χ0n) is 16.1. The fraction of sp³-hybridized carbons (Fsp3) is 0.550. The molecule has 1 saturated carbocycles. The van der Waals surface area contributed by atoms with Gasteiger partial charge in [0.1, 0.15) is 24.3 Å². The molecule has 1 aromatic heterocycles. The molecule has 2 heterocycles. The average molecular weight is 370 g/mol. The van der Waals surface area contributed by atoms with Crippen molar-refractivity contribution in [3.05, 3.63) is 41.5 Å². The van der Waals surface area contributed by atoms with E-state index < -0.39 is 0 Å². The van der Waals surface area contributed by atoms with Gasteiger partial charge in [-0.25, -0.2) is 9.67 Å². The third kappa shape index (κ3) is 3.43. The standard InChI is InChI=1S/C20H26N4O3/c1-4-11-23-20(21-13(2)22-23)19-18(14-5-9-16(26-3)10-6-14)24(15-7-8-15)17(25)12-27-19/h5-6,9-10,15,18-19H,4,7-8,11-12H2,1-3H3/t18-,19+/m1/s1. The minimum absolute atomic E-state index is 0.0489. The van der Waals surface area contributed by atoms with Gasteiger partial charge in [0.2, 0.25) is 5.91 Å². The van der Waals surface area contributed by atoms with Crippen molar-refractivity contribution in [3.63, 3.8) is 0 Å². The fourth-order valence-corrected chi connectivity index (χ4v) is 3.82. The molecule has 2 atom stereocenters. The van der Waals surface area contributed by atoms with Gasteiger partial charge >= 0.3 is 0 Å². The molecule has 1 aliphatic carbocycles. The predicted octanol–water partition coefficient (Wildman–Crippen LogP) is 2.81. The smallest absolute Gasteiger partial charge is 0.249 e. The number of ether oxygens (including phenoxy) is 2. The Bertz CT molecular complexity index is 813. The molecular weight excluding hydrogens is 344 g/mol. The number of aromatic nitrogens is 3. The van der Waals surface area contributed by atoms with Crippen LogP contribution in [0.15, 0.2) is 24.3 Å². The van der Waals surface area contributed by atoms with Crippen LogP contribution in [-0.4, -0.2) is 45.3 Å². The van der Waals surface area contributed by atoms with Crippen LogP contribution in [0.4, 0.5) is 0 Å². The van der Waals surface area contributed by atoms with Gasteiger partial charge in [0, 0.05) is 12.6 Å². The van der Waals surface area contributed by atoms with Crippen LogP contribution in [0.25, 0.3) is 0 Å². The van der Waals surface area contributed by atoms with E-state index in [-0.39, 0.29) is 24.7 Å². The topological polar surface area (TPSA) is 69.5 Å². The monoisotopic (exact) mass is 370 g/mol. The van der Waals surface area contributed by atoms with Crippen molar-refractivity contribution in [2.45, 2.75) is 57.8 Å². The molecule has 0 N–H and O–H groups in total. The Morgan fingerprint density at radius 3 is 2.63 bits per heavy atom. The molecule has 1 saturated heterocycles. The Hall–Kier alpha value is -2.41. The second-order valence-electron chi connectivity index (χ2n) is 7.22. The van der Waals surface area contributed by atoms with Crippen LogP contribution in [0, 0.1) is 6.92 Å². The quantitative estimate of drug-likeness (QED) is 0.782. The average Bonchev–Trinajstić information content (AvgIpc) is 3.45. The molecule has 4 rings (SSSR count). The van der Waals surface area contributed by atoms with Gasteiger partial charge in [0.05, 0.1) is 13.2 Å². The number of morpholine rings is 1. The van der Waals surface area contributed by atoms with Crippen molar-refractivity contribution < 1.29 is 14.3 Å². The van der Waals surface area contributed by atoms with Crippen molar-refractivity contribution in [3.8, 4) is 5.75 Å². The van der Waals surface area contributed by atoms with Gasteiger partial charge in [-0.1, -0.05) is 19.1 Å². The van der Waals surface area contributed by atoms with Gasteiger partial charge in [-0.05, 0) is 43.9 Å². The first-order valence-electron chi connectivity index (χ1n) is 9.60. The van der Waals surface area contributed by atoms with Gasteiger partial charge in [0.15, 0.2) is 5.82 Å². The highest BCUT2D eigenvalue weighted by Crippen LogP contribution is 2.45. The number of aryl methyl sites for hydroxylation is 2. The normalized spacial score (nSPS) is 22.9. The van der Waals surface area contributed by atoms with Crippen molar-refractivity contribution in [1.82, 2.24) is 19.7 Å². The number of nitrogens with zero attached hydrogens (tertiary/aromatic N) is 4. The lowest BCUT2D eigenvalue weighted by Crippen LogP contribution is -2.47. The lowest BCUT2D eigenvalue weighted by Gasteiger charge is -2.41. The summed E-state index contributed by atoms with van der Waals surface area (Å²) >= 11 is 0. The van der Waals surface area contributed by atoms with Crippen molar-refractivity contribution in [2.24, 2.45) is 0 Å². The molecule has 0 spiro atoms. The lowest BCUT2D eigenvalue weighted by molar-refractivity contribution is -0.160. The van der Waals surface area contributed by atoms with Gasteiger partial charge in [-0.2, -0.15) is 5.10 Å². The van der Waals surface area contributed by atoms with E-state index in [0.717, 1.165) is 48.8 Å². The van der Waals surface area contributed by atoms with E-state index in [9.17, 15) is 4.79 Å². The Morgan fingerprint density at radius 1 is 1.26 bits per heavy atom. The van der Waals surface area contributed by atoms with E-state index >= 15 is 0 Å². The summed E-state index contributed by atoms with van der Waals surface area (Å²) in [5, 5.41) is 4.54. The van der Waals surface area contributed by atoms with Crippen LogP contribution in [0.3, 0.4) is 0 Å². The molecule has 2 aromatic rings. The highest BCUT2D eigenvalue weighted by atomic mass is 16.5. The molecule has 2 fully saturated rings. The maximum atomic E-state index is 12.7. The van der Waals surface area contributed by atoms with Crippen LogP contribution in [-0.2, 0) is 16.1 Å². The van der Waals surface area contributed by atoms with E-state index in [1.54, 1.807) is 7.11 Å². The number of hydrogen-bond donors (Lipinski definition) is 0. The summed E-state index contributed by atoms with van der Waals surface area (Å²) in [4.78, 5) is 19.4.